The molecular weight excluding hydrogens is 203 g/mol. The minimum Gasteiger partial charge on any atom is -0.463 e. The lowest BCUT2D eigenvalue weighted by Gasteiger charge is -2.09. The molecule has 0 aliphatic rings. The quantitative estimate of drug-likeness (QED) is 0.328. The molecule has 0 aliphatic carbocycles. The minimum atomic E-state index is -4.32. The number of esters is 1. The third-order valence-electron chi connectivity index (χ3n) is 0.919. The molecule has 0 amide bonds. The van der Waals surface area contributed by atoms with E-state index in [1.165, 1.54) is 0 Å². The van der Waals surface area contributed by atoms with Crippen molar-refractivity contribution in [3.8, 4) is 0 Å². The third kappa shape index (κ3) is 9.62. The predicted octanol–water partition coefficient (Wildman–Crippen LogP) is -1.42. The Labute approximate surface area is 75.2 Å². The highest BCUT2D eigenvalue weighted by atomic mass is 31.2. The summed E-state index contributed by atoms with van der Waals surface area (Å²) in [4.78, 5) is 35.2. The maximum absolute atomic E-state index is 10.2. The fourth-order valence-corrected chi connectivity index (χ4v) is 0.820. The van der Waals surface area contributed by atoms with Gasteiger partial charge in [0.05, 0.1) is 0 Å². The molecule has 0 bridgehead atoms. The van der Waals surface area contributed by atoms with Gasteiger partial charge in [-0.1, -0.05) is 0 Å². The predicted molar refractivity (Wildman–Crippen MR) is 42.2 cm³/mol. The Morgan fingerprint density at radius 1 is 1.38 bits per heavy atom. The zero-order valence-corrected chi connectivity index (χ0v) is 7.85. The number of carbonyl (C=O) groups is 1. The van der Waals surface area contributed by atoms with Crippen molar-refractivity contribution in [3.05, 3.63) is 0 Å². The van der Waals surface area contributed by atoms with Crippen molar-refractivity contribution >= 4 is 14.1 Å². The summed E-state index contributed by atoms with van der Waals surface area (Å²) in [7, 11) is -4.32. The first-order valence-electron chi connectivity index (χ1n) is 3.34. The van der Waals surface area contributed by atoms with Crippen molar-refractivity contribution in [1.29, 1.82) is 0 Å². The SMILES string of the molecule is CC(=O)OCC(O)CO[P+](O)(O)O. The minimum absolute atomic E-state index is 0.324. The number of hydrogen-bond donors (Lipinski definition) is 4. The largest absolute Gasteiger partial charge is 0.567 e. The van der Waals surface area contributed by atoms with Crippen LogP contribution in [0.25, 0.3) is 0 Å². The highest BCUT2D eigenvalue weighted by molar-refractivity contribution is 7.53. The third-order valence-corrected chi connectivity index (χ3v) is 1.41. The molecule has 0 rings (SSSR count). The molecule has 0 aliphatic heterocycles. The number of aliphatic hydroxyl groups is 1. The Bertz CT molecular complexity index is 165. The average Bonchev–Trinajstić information content (AvgIpc) is 1.95. The second kappa shape index (κ2) is 5.43. The van der Waals surface area contributed by atoms with E-state index in [4.69, 9.17) is 19.8 Å². The van der Waals surface area contributed by atoms with Gasteiger partial charge in [-0.2, -0.15) is 19.2 Å². The smallest absolute Gasteiger partial charge is 0.463 e. The molecule has 0 aromatic heterocycles. The summed E-state index contributed by atoms with van der Waals surface area (Å²) in [6.45, 7) is 0.314. The van der Waals surface area contributed by atoms with Gasteiger partial charge in [0.2, 0.25) is 0 Å². The van der Waals surface area contributed by atoms with E-state index in [1.54, 1.807) is 0 Å². The Morgan fingerprint density at radius 3 is 2.31 bits per heavy atom. The van der Waals surface area contributed by atoms with Gasteiger partial charge in [0, 0.05) is 6.92 Å². The summed E-state index contributed by atoms with van der Waals surface area (Å²) in [5.74, 6) is -0.572. The average molecular weight is 215 g/mol. The van der Waals surface area contributed by atoms with E-state index in [9.17, 15) is 4.79 Å². The lowest BCUT2D eigenvalue weighted by atomic mass is 10.4. The molecular formula is C5H12O7P+. The van der Waals surface area contributed by atoms with Crippen molar-refractivity contribution in [2.45, 2.75) is 13.0 Å². The van der Waals surface area contributed by atoms with E-state index >= 15 is 0 Å². The molecule has 0 aromatic carbocycles. The standard InChI is InChI=1S/C5H12O7P/c1-4(6)11-2-5(7)3-12-13(8,9)10/h5,7-10H,2-3H2,1H3/q+1. The molecule has 7 nitrogen and oxygen atoms in total. The van der Waals surface area contributed by atoms with Gasteiger partial charge in [-0.05, 0) is 0 Å². The van der Waals surface area contributed by atoms with E-state index in [0.717, 1.165) is 6.92 Å². The highest BCUT2D eigenvalue weighted by Crippen LogP contribution is 2.45. The molecule has 0 heterocycles. The number of carbonyl (C=O) groups excluding carboxylic acids is 1. The molecule has 0 saturated heterocycles. The summed E-state index contributed by atoms with van der Waals surface area (Å²) in [6, 6.07) is 0. The molecule has 78 valence electrons. The number of rotatable bonds is 5. The topological polar surface area (TPSA) is 116 Å². The van der Waals surface area contributed by atoms with Gasteiger partial charge >= 0.3 is 14.1 Å². The van der Waals surface area contributed by atoms with Crippen LogP contribution in [-0.4, -0.2) is 45.1 Å². The van der Waals surface area contributed by atoms with Gasteiger partial charge in [0.15, 0.2) is 0 Å². The first kappa shape index (κ1) is 12.7. The normalized spacial score (nSPS) is 13.9. The van der Waals surface area contributed by atoms with E-state index < -0.39 is 26.9 Å². The van der Waals surface area contributed by atoms with Crippen molar-refractivity contribution < 1.29 is 33.8 Å². The van der Waals surface area contributed by atoms with E-state index in [1.807, 2.05) is 0 Å². The van der Waals surface area contributed by atoms with Crippen molar-refractivity contribution in [1.82, 2.24) is 0 Å². The molecule has 1 atom stereocenters. The zero-order valence-electron chi connectivity index (χ0n) is 6.95. The van der Waals surface area contributed by atoms with Crippen molar-refractivity contribution in [2.75, 3.05) is 13.2 Å². The van der Waals surface area contributed by atoms with Crippen LogP contribution in [0, 0.1) is 0 Å². The van der Waals surface area contributed by atoms with E-state index in [-0.39, 0.29) is 6.61 Å². The number of ether oxygens (including phenoxy) is 1. The first-order valence-corrected chi connectivity index (χ1v) is 4.91. The van der Waals surface area contributed by atoms with E-state index in [0.29, 0.717) is 0 Å². The Morgan fingerprint density at radius 2 is 1.92 bits per heavy atom. The fourth-order valence-electron chi connectivity index (χ4n) is 0.448. The van der Waals surface area contributed by atoms with Crippen molar-refractivity contribution in [2.24, 2.45) is 0 Å². The Hall–Kier alpha value is -0.300. The lowest BCUT2D eigenvalue weighted by molar-refractivity contribution is -0.144. The van der Waals surface area contributed by atoms with Gasteiger partial charge in [0.1, 0.15) is 19.3 Å². The lowest BCUT2D eigenvalue weighted by Crippen LogP contribution is -2.23. The summed E-state index contributed by atoms with van der Waals surface area (Å²) in [5.41, 5.74) is 0. The van der Waals surface area contributed by atoms with Gasteiger partial charge in [-0.3, -0.25) is 4.79 Å². The fraction of sp³-hybridized carbons (Fsp3) is 0.800. The molecule has 0 spiro atoms. The maximum atomic E-state index is 10.2. The number of hydrogen-bond acceptors (Lipinski definition) is 7. The summed E-state index contributed by atoms with van der Waals surface area (Å²) >= 11 is 0. The second-order valence-corrected chi connectivity index (χ2v) is 3.55. The van der Waals surface area contributed by atoms with E-state index in [2.05, 4.69) is 9.26 Å². The zero-order chi connectivity index (χ0) is 10.5. The maximum Gasteiger partial charge on any atom is 0.567 e. The molecule has 1 unspecified atom stereocenters. The molecule has 0 aromatic rings. The Balaban J connectivity index is 3.52. The van der Waals surface area contributed by atoms with Crippen LogP contribution in [0.15, 0.2) is 0 Å². The molecule has 0 radical (unpaired) electrons. The van der Waals surface area contributed by atoms with Crippen LogP contribution in [0.2, 0.25) is 0 Å². The van der Waals surface area contributed by atoms with Crippen LogP contribution in [0.5, 0.6) is 0 Å². The summed E-state index contributed by atoms with van der Waals surface area (Å²) < 4.78 is 8.43. The summed E-state index contributed by atoms with van der Waals surface area (Å²) in [6.07, 6.45) is -1.20. The molecule has 13 heavy (non-hydrogen) atoms. The summed E-state index contributed by atoms with van der Waals surface area (Å²) in [5, 5.41) is 8.94. The molecule has 0 fully saturated rings. The second-order valence-electron chi connectivity index (χ2n) is 2.27. The highest BCUT2D eigenvalue weighted by Gasteiger charge is 2.34. The van der Waals surface area contributed by atoms with Gasteiger partial charge < -0.3 is 9.84 Å². The first-order chi connectivity index (χ1) is 5.81. The monoisotopic (exact) mass is 215 g/mol. The molecule has 8 heteroatoms. The van der Waals surface area contributed by atoms with Crippen LogP contribution in [-0.2, 0) is 14.1 Å². The van der Waals surface area contributed by atoms with Crippen LogP contribution in [0.1, 0.15) is 6.92 Å². The van der Waals surface area contributed by atoms with Gasteiger partial charge in [-0.25, -0.2) is 0 Å². The van der Waals surface area contributed by atoms with Crippen LogP contribution in [0.4, 0.5) is 0 Å². The van der Waals surface area contributed by atoms with Crippen molar-refractivity contribution in [3.63, 3.8) is 0 Å². The molecule has 0 saturated carbocycles. The van der Waals surface area contributed by atoms with Gasteiger partial charge in [-0.15, -0.1) is 0 Å². The van der Waals surface area contributed by atoms with Crippen LogP contribution in [0.3, 0.4) is 0 Å². The Kier molecular flexibility index (Phi) is 5.31. The number of aliphatic hydroxyl groups excluding tert-OH is 1. The molecule has 4 N–H and O–H groups in total. The van der Waals surface area contributed by atoms with Crippen LogP contribution >= 0.6 is 8.17 Å². The van der Waals surface area contributed by atoms with Gasteiger partial charge in [0.25, 0.3) is 0 Å². The van der Waals surface area contributed by atoms with Crippen LogP contribution < -0.4 is 0 Å².